The molecule has 4 aromatic rings. The minimum Gasteiger partial charge on any atom is -0.377 e. The molecule has 0 unspecified atom stereocenters. The smallest absolute Gasteiger partial charge is 0.248 e. The van der Waals surface area contributed by atoms with Gasteiger partial charge in [-0.2, -0.15) is 10.1 Å². The third-order valence-corrected chi connectivity index (χ3v) is 5.21. The Morgan fingerprint density at radius 3 is 2.57 bits per heavy atom. The molecule has 0 spiro atoms. The van der Waals surface area contributed by atoms with E-state index in [2.05, 4.69) is 43.5 Å². The molecule has 0 bridgehead atoms. The summed E-state index contributed by atoms with van der Waals surface area (Å²) < 4.78 is 1.70. The van der Waals surface area contributed by atoms with Crippen LogP contribution in [0.25, 0.3) is 0 Å². The molecule has 4 rings (SSSR count). The molecule has 10 nitrogen and oxygen atoms in total. The second-order valence-corrected chi connectivity index (χ2v) is 8.68. The van der Waals surface area contributed by atoms with Crippen molar-refractivity contribution in [2.45, 2.75) is 6.54 Å². The zero-order chi connectivity index (χ0) is 26.0. The van der Waals surface area contributed by atoms with E-state index >= 15 is 0 Å². The Kier molecular flexibility index (Phi) is 8.45. The Morgan fingerprint density at radius 1 is 1.00 bits per heavy atom. The van der Waals surface area contributed by atoms with Gasteiger partial charge in [-0.3, -0.25) is 9.48 Å². The lowest BCUT2D eigenvalue weighted by Gasteiger charge is -2.15. The Bertz CT molecular complexity index is 1350. The van der Waals surface area contributed by atoms with Crippen LogP contribution in [0.3, 0.4) is 0 Å². The molecule has 2 heterocycles. The van der Waals surface area contributed by atoms with Gasteiger partial charge >= 0.3 is 0 Å². The first-order chi connectivity index (χ1) is 17.9. The first kappa shape index (κ1) is 25.4. The maximum atomic E-state index is 12.3. The molecule has 0 atom stereocenters. The standard InChI is InChI=1S/C27H31N9O/c1-35(2)14-8-13-25(37)31-21-11-7-12-22(15-21)32-26-24(28-16-20-9-5-4-6-10-20)18-29-27(34-26)33-23-17-30-36(3)19-23/h4-13,15,17-19,28H,14,16H2,1-3H3,(H,31,37)(H2,29,32,33,34)/b13-8+. The van der Waals surface area contributed by atoms with E-state index in [-0.39, 0.29) is 5.91 Å². The average molecular weight is 498 g/mol. The summed E-state index contributed by atoms with van der Waals surface area (Å²) in [5.41, 5.74) is 4.10. The maximum absolute atomic E-state index is 12.3. The van der Waals surface area contributed by atoms with Crippen LogP contribution >= 0.6 is 0 Å². The molecule has 0 aliphatic carbocycles. The largest absolute Gasteiger partial charge is 0.377 e. The minimum atomic E-state index is -0.186. The number of aryl methyl sites for hydroxylation is 1. The highest BCUT2D eigenvalue weighted by atomic mass is 16.1. The fourth-order valence-electron chi connectivity index (χ4n) is 3.44. The molecule has 4 N–H and O–H groups in total. The number of rotatable bonds is 11. The number of likely N-dealkylation sites (N-methyl/N-ethyl adjacent to an activating group) is 1. The quantitative estimate of drug-likeness (QED) is 0.226. The SMILES string of the molecule is CN(C)C/C=C/C(=O)Nc1cccc(Nc2nc(Nc3cnn(C)c3)ncc2NCc2ccccc2)c1. The van der Waals surface area contributed by atoms with Crippen molar-refractivity contribution >= 4 is 40.4 Å². The molecule has 0 radical (unpaired) electrons. The van der Waals surface area contributed by atoms with Crippen LogP contribution in [0.5, 0.6) is 0 Å². The van der Waals surface area contributed by atoms with Crippen molar-refractivity contribution in [3.63, 3.8) is 0 Å². The lowest BCUT2D eigenvalue weighted by atomic mass is 10.2. The third kappa shape index (κ3) is 7.91. The lowest BCUT2D eigenvalue weighted by Crippen LogP contribution is -2.13. The topological polar surface area (TPSA) is 112 Å². The second-order valence-electron chi connectivity index (χ2n) is 8.68. The van der Waals surface area contributed by atoms with Gasteiger partial charge in [-0.25, -0.2) is 4.98 Å². The molecule has 0 saturated heterocycles. The van der Waals surface area contributed by atoms with E-state index in [0.717, 1.165) is 22.6 Å². The first-order valence-electron chi connectivity index (χ1n) is 11.8. The number of benzene rings is 2. The monoisotopic (exact) mass is 497 g/mol. The van der Waals surface area contributed by atoms with Crippen LogP contribution < -0.4 is 21.3 Å². The van der Waals surface area contributed by atoms with E-state index < -0.39 is 0 Å². The summed E-state index contributed by atoms with van der Waals surface area (Å²) in [4.78, 5) is 23.4. The molecule has 10 heteroatoms. The molecule has 1 amide bonds. The molecule has 2 aromatic heterocycles. The first-order valence-corrected chi connectivity index (χ1v) is 11.8. The molecule has 0 aliphatic rings. The van der Waals surface area contributed by atoms with Crippen molar-refractivity contribution in [1.82, 2.24) is 24.6 Å². The van der Waals surface area contributed by atoms with Crippen LogP contribution in [0, 0.1) is 0 Å². The predicted octanol–water partition coefficient (Wildman–Crippen LogP) is 4.37. The molecule has 0 saturated carbocycles. The van der Waals surface area contributed by atoms with Gasteiger partial charge in [-0.05, 0) is 37.9 Å². The van der Waals surface area contributed by atoms with Crippen LogP contribution in [0.1, 0.15) is 5.56 Å². The van der Waals surface area contributed by atoms with E-state index in [1.165, 1.54) is 6.08 Å². The van der Waals surface area contributed by atoms with E-state index in [4.69, 9.17) is 4.98 Å². The number of nitrogens with one attached hydrogen (secondary N) is 4. The molecular formula is C27H31N9O. The van der Waals surface area contributed by atoms with Crippen molar-refractivity contribution in [3.05, 3.63) is 90.9 Å². The zero-order valence-electron chi connectivity index (χ0n) is 21.1. The van der Waals surface area contributed by atoms with Crippen molar-refractivity contribution in [1.29, 1.82) is 0 Å². The summed E-state index contributed by atoms with van der Waals surface area (Å²) in [5, 5.41) is 17.0. The summed E-state index contributed by atoms with van der Waals surface area (Å²) in [6, 6.07) is 17.6. The molecule has 190 valence electrons. The Hall–Kier alpha value is -4.70. The number of hydrogen-bond acceptors (Lipinski definition) is 8. The van der Waals surface area contributed by atoms with Crippen LogP contribution in [0.4, 0.5) is 34.5 Å². The van der Waals surface area contributed by atoms with Gasteiger partial charge in [0.15, 0.2) is 5.82 Å². The van der Waals surface area contributed by atoms with Crippen LogP contribution in [-0.4, -0.2) is 51.2 Å². The molecular weight excluding hydrogens is 466 g/mol. The summed E-state index contributed by atoms with van der Waals surface area (Å²) >= 11 is 0. The van der Waals surface area contributed by atoms with Crippen LogP contribution in [-0.2, 0) is 18.4 Å². The number of hydrogen-bond donors (Lipinski definition) is 4. The second kappa shape index (κ2) is 12.3. The van der Waals surface area contributed by atoms with Crippen LogP contribution in [0.15, 0.2) is 85.3 Å². The van der Waals surface area contributed by atoms with Gasteiger partial charge in [-0.15, -0.1) is 0 Å². The molecule has 37 heavy (non-hydrogen) atoms. The summed E-state index contributed by atoms with van der Waals surface area (Å²) in [6.45, 7) is 1.31. The average Bonchev–Trinajstić information content (AvgIpc) is 3.28. The van der Waals surface area contributed by atoms with Crippen LogP contribution in [0.2, 0.25) is 0 Å². The highest BCUT2D eigenvalue weighted by molar-refractivity contribution is 5.99. The summed E-state index contributed by atoms with van der Waals surface area (Å²) in [7, 11) is 5.75. The van der Waals surface area contributed by atoms with E-state index in [1.807, 2.05) is 80.8 Å². The summed E-state index contributed by atoms with van der Waals surface area (Å²) in [6.07, 6.45) is 8.64. The number of anilines is 6. The van der Waals surface area contributed by atoms with Gasteiger partial charge in [-0.1, -0.05) is 42.5 Å². The van der Waals surface area contributed by atoms with E-state index in [9.17, 15) is 4.79 Å². The predicted molar refractivity (Wildman–Crippen MR) is 148 cm³/mol. The lowest BCUT2D eigenvalue weighted by molar-refractivity contribution is -0.111. The highest BCUT2D eigenvalue weighted by Gasteiger charge is 2.10. The number of amides is 1. The maximum Gasteiger partial charge on any atom is 0.248 e. The number of carbonyl (C=O) groups excluding carboxylic acids is 1. The number of carbonyl (C=O) groups is 1. The molecule has 0 fully saturated rings. The minimum absolute atomic E-state index is 0.186. The number of aromatic nitrogens is 4. The Morgan fingerprint density at radius 2 is 1.81 bits per heavy atom. The van der Waals surface area contributed by atoms with Crippen molar-refractivity contribution in [3.8, 4) is 0 Å². The highest BCUT2D eigenvalue weighted by Crippen LogP contribution is 2.27. The fraction of sp³-hybridized carbons (Fsp3) is 0.185. The van der Waals surface area contributed by atoms with Crippen molar-refractivity contribution in [2.24, 2.45) is 7.05 Å². The summed E-state index contributed by atoms with van der Waals surface area (Å²) in [5.74, 6) is 0.831. The van der Waals surface area contributed by atoms with Gasteiger partial charge < -0.3 is 26.2 Å². The Balaban J connectivity index is 1.52. The number of nitrogens with zero attached hydrogens (tertiary/aromatic N) is 5. The molecule has 0 aliphatic heterocycles. The van der Waals surface area contributed by atoms with Crippen molar-refractivity contribution in [2.75, 3.05) is 41.9 Å². The van der Waals surface area contributed by atoms with Gasteiger partial charge in [0, 0.05) is 43.8 Å². The fourth-order valence-corrected chi connectivity index (χ4v) is 3.44. The van der Waals surface area contributed by atoms with Gasteiger partial charge in [0.2, 0.25) is 11.9 Å². The third-order valence-electron chi connectivity index (χ3n) is 5.21. The molecule has 2 aromatic carbocycles. The van der Waals surface area contributed by atoms with Gasteiger partial charge in [0.05, 0.1) is 23.8 Å². The van der Waals surface area contributed by atoms with E-state index in [1.54, 1.807) is 17.1 Å². The van der Waals surface area contributed by atoms with E-state index in [0.29, 0.717) is 30.5 Å². The zero-order valence-corrected chi connectivity index (χ0v) is 21.1. The normalized spacial score (nSPS) is 11.0. The van der Waals surface area contributed by atoms with Gasteiger partial charge in [0.1, 0.15) is 0 Å². The Labute approximate surface area is 216 Å². The van der Waals surface area contributed by atoms with Crippen molar-refractivity contribution < 1.29 is 4.79 Å². The van der Waals surface area contributed by atoms with Gasteiger partial charge in [0.25, 0.3) is 0 Å².